The molecule has 2 aromatic heterocycles. The van der Waals surface area contributed by atoms with Crippen molar-refractivity contribution >= 4 is 5.82 Å². The van der Waals surface area contributed by atoms with Crippen LogP contribution in [0.25, 0.3) is 11.4 Å². The monoisotopic (exact) mass is 273 g/mol. The Morgan fingerprint density at radius 1 is 1.20 bits per heavy atom. The Balaban J connectivity index is 2.54. The molecule has 0 saturated carbocycles. The van der Waals surface area contributed by atoms with E-state index in [1.807, 2.05) is 24.7 Å². The highest BCUT2D eigenvalue weighted by Gasteiger charge is 2.15. The SMILES string of the molecule is CCCc1cc(NCC)nc(-c2c(C)nn(C)c2C)n1. The molecule has 0 unspecified atom stereocenters. The van der Waals surface area contributed by atoms with Crippen molar-refractivity contribution in [3.8, 4) is 11.4 Å². The molecule has 5 nitrogen and oxygen atoms in total. The Bertz CT molecular complexity index is 576. The van der Waals surface area contributed by atoms with E-state index < -0.39 is 0 Å². The summed E-state index contributed by atoms with van der Waals surface area (Å²) in [6.07, 6.45) is 2.04. The first-order valence-electron chi connectivity index (χ1n) is 7.19. The molecule has 1 N–H and O–H groups in total. The van der Waals surface area contributed by atoms with Gasteiger partial charge in [-0.1, -0.05) is 13.3 Å². The molecule has 0 bridgehead atoms. The largest absolute Gasteiger partial charge is 0.370 e. The van der Waals surface area contributed by atoms with Crippen molar-refractivity contribution in [1.29, 1.82) is 0 Å². The summed E-state index contributed by atoms with van der Waals surface area (Å²) in [6.45, 7) is 9.15. The van der Waals surface area contributed by atoms with Crippen molar-refractivity contribution in [1.82, 2.24) is 19.7 Å². The quantitative estimate of drug-likeness (QED) is 0.910. The molecule has 0 aliphatic carbocycles. The van der Waals surface area contributed by atoms with Crippen LogP contribution in [0.2, 0.25) is 0 Å². The lowest BCUT2D eigenvalue weighted by molar-refractivity contribution is 0.731. The second-order valence-corrected chi connectivity index (χ2v) is 5.02. The second-order valence-electron chi connectivity index (χ2n) is 5.02. The Hall–Kier alpha value is -1.91. The number of anilines is 1. The van der Waals surface area contributed by atoms with Gasteiger partial charge >= 0.3 is 0 Å². The minimum absolute atomic E-state index is 0.773. The molecule has 0 amide bonds. The molecule has 2 aromatic rings. The summed E-state index contributed by atoms with van der Waals surface area (Å²) in [5.41, 5.74) is 4.19. The van der Waals surface area contributed by atoms with Crippen LogP contribution in [0.3, 0.4) is 0 Å². The van der Waals surface area contributed by atoms with Crippen LogP contribution in [0.5, 0.6) is 0 Å². The molecule has 0 aliphatic rings. The molecule has 0 spiro atoms. The fourth-order valence-electron chi connectivity index (χ4n) is 2.36. The number of aryl methyl sites for hydroxylation is 3. The van der Waals surface area contributed by atoms with Crippen LogP contribution in [-0.2, 0) is 13.5 Å². The van der Waals surface area contributed by atoms with E-state index in [9.17, 15) is 0 Å². The minimum atomic E-state index is 0.773. The predicted molar refractivity (Wildman–Crippen MR) is 81.9 cm³/mol. The van der Waals surface area contributed by atoms with Gasteiger partial charge in [0.2, 0.25) is 0 Å². The normalized spacial score (nSPS) is 10.8. The van der Waals surface area contributed by atoms with Gasteiger partial charge in [-0.3, -0.25) is 4.68 Å². The van der Waals surface area contributed by atoms with Crippen LogP contribution in [0.15, 0.2) is 6.07 Å². The molecule has 5 heteroatoms. The van der Waals surface area contributed by atoms with E-state index in [1.54, 1.807) is 0 Å². The fourth-order valence-corrected chi connectivity index (χ4v) is 2.36. The van der Waals surface area contributed by atoms with Gasteiger partial charge < -0.3 is 5.32 Å². The van der Waals surface area contributed by atoms with E-state index in [4.69, 9.17) is 4.98 Å². The van der Waals surface area contributed by atoms with Gasteiger partial charge in [0.15, 0.2) is 5.82 Å². The van der Waals surface area contributed by atoms with E-state index in [1.165, 1.54) is 0 Å². The standard InChI is InChI=1S/C15H23N5/c1-6-8-12-9-13(16-7-2)18-15(17-12)14-10(3)19-20(5)11(14)4/h9H,6-8H2,1-5H3,(H,16,17,18). The van der Waals surface area contributed by atoms with Crippen LogP contribution in [0.4, 0.5) is 5.82 Å². The first kappa shape index (κ1) is 14.5. The summed E-state index contributed by atoms with van der Waals surface area (Å²) in [6, 6.07) is 2.04. The molecule has 0 aromatic carbocycles. The number of nitrogens with one attached hydrogen (secondary N) is 1. The topological polar surface area (TPSA) is 55.6 Å². The third-order valence-corrected chi connectivity index (χ3v) is 3.38. The van der Waals surface area contributed by atoms with Crippen molar-refractivity contribution in [2.45, 2.75) is 40.5 Å². The Morgan fingerprint density at radius 2 is 1.95 bits per heavy atom. The van der Waals surface area contributed by atoms with Crippen molar-refractivity contribution in [3.63, 3.8) is 0 Å². The highest BCUT2D eigenvalue weighted by Crippen LogP contribution is 2.25. The number of rotatable bonds is 5. The smallest absolute Gasteiger partial charge is 0.165 e. The molecule has 2 heterocycles. The van der Waals surface area contributed by atoms with E-state index in [0.717, 1.165) is 53.7 Å². The van der Waals surface area contributed by atoms with Crippen molar-refractivity contribution in [2.75, 3.05) is 11.9 Å². The van der Waals surface area contributed by atoms with Gasteiger partial charge in [0, 0.05) is 31.0 Å². The maximum atomic E-state index is 4.71. The summed E-state index contributed by atoms with van der Waals surface area (Å²) in [5, 5.41) is 7.74. The van der Waals surface area contributed by atoms with Crippen molar-refractivity contribution in [3.05, 3.63) is 23.1 Å². The average molecular weight is 273 g/mol. The second kappa shape index (κ2) is 6.03. The Morgan fingerprint density at radius 3 is 2.50 bits per heavy atom. The molecule has 0 saturated heterocycles. The summed E-state index contributed by atoms with van der Waals surface area (Å²) in [4.78, 5) is 9.34. The van der Waals surface area contributed by atoms with Crippen LogP contribution in [0.1, 0.15) is 37.4 Å². The van der Waals surface area contributed by atoms with Crippen LogP contribution >= 0.6 is 0 Å². The molecule has 20 heavy (non-hydrogen) atoms. The van der Waals surface area contributed by atoms with Gasteiger partial charge in [0.25, 0.3) is 0 Å². The maximum Gasteiger partial charge on any atom is 0.165 e. The van der Waals surface area contributed by atoms with E-state index >= 15 is 0 Å². The number of nitrogens with zero attached hydrogens (tertiary/aromatic N) is 4. The number of hydrogen-bond donors (Lipinski definition) is 1. The highest BCUT2D eigenvalue weighted by molar-refractivity contribution is 5.63. The van der Waals surface area contributed by atoms with E-state index in [2.05, 4.69) is 36.2 Å². The van der Waals surface area contributed by atoms with E-state index in [-0.39, 0.29) is 0 Å². The number of hydrogen-bond acceptors (Lipinski definition) is 4. The van der Waals surface area contributed by atoms with Gasteiger partial charge in [0.1, 0.15) is 5.82 Å². The summed E-state index contributed by atoms with van der Waals surface area (Å²) in [7, 11) is 1.95. The summed E-state index contributed by atoms with van der Waals surface area (Å²) >= 11 is 0. The molecule has 2 rings (SSSR count). The maximum absolute atomic E-state index is 4.71. The zero-order valence-electron chi connectivity index (χ0n) is 13.0. The first-order chi connectivity index (χ1) is 9.56. The lowest BCUT2D eigenvalue weighted by Gasteiger charge is -2.09. The molecular formula is C15H23N5. The zero-order chi connectivity index (χ0) is 14.7. The molecular weight excluding hydrogens is 250 g/mol. The van der Waals surface area contributed by atoms with Crippen LogP contribution in [0, 0.1) is 13.8 Å². The lowest BCUT2D eigenvalue weighted by Crippen LogP contribution is -2.05. The Kier molecular flexibility index (Phi) is 4.37. The van der Waals surface area contributed by atoms with E-state index in [0.29, 0.717) is 0 Å². The lowest BCUT2D eigenvalue weighted by atomic mass is 10.1. The average Bonchev–Trinajstić information content (AvgIpc) is 2.63. The van der Waals surface area contributed by atoms with Gasteiger partial charge in [-0.2, -0.15) is 5.10 Å². The van der Waals surface area contributed by atoms with Gasteiger partial charge in [-0.15, -0.1) is 0 Å². The van der Waals surface area contributed by atoms with Gasteiger partial charge in [-0.05, 0) is 27.2 Å². The first-order valence-corrected chi connectivity index (χ1v) is 7.19. The van der Waals surface area contributed by atoms with Gasteiger partial charge in [-0.25, -0.2) is 9.97 Å². The molecule has 0 fully saturated rings. The van der Waals surface area contributed by atoms with Gasteiger partial charge in [0.05, 0.1) is 11.3 Å². The van der Waals surface area contributed by atoms with Crippen LogP contribution < -0.4 is 5.32 Å². The zero-order valence-corrected chi connectivity index (χ0v) is 13.0. The van der Waals surface area contributed by atoms with Crippen molar-refractivity contribution in [2.24, 2.45) is 7.05 Å². The summed E-state index contributed by atoms with van der Waals surface area (Å²) in [5.74, 6) is 1.67. The highest BCUT2D eigenvalue weighted by atomic mass is 15.3. The molecule has 0 aliphatic heterocycles. The molecule has 0 radical (unpaired) electrons. The van der Waals surface area contributed by atoms with Crippen molar-refractivity contribution < 1.29 is 0 Å². The number of aromatic nitrogens is 4. The Labute approximate surface area is 120 Å². The third kappa shape index (κ3) is 2.81. The third-order valence-electron chi connectivity index (χ3n) is 3.38. The predicted octanol–water partition coefficient (Wildman–Crippen LogP) is 2.88. The summed E-state index contributed by atoms with van der Waals surface area (Å²) < 4.78 is 1.88. The molecule has 108 valence electrons. The molecule has 0 atom stereocenters. The minimum Gasteiger partial charge on any atom is -0.370 e. The van der Waals surface area contributed by atoms with Crippen LogP contribution in [-0.4, -0.2) is 26.3 Å². The fraction of sp³-hybridized carbons (Fsp3) is 0.533.